The molecule has 0 bridgehead atoms. The average Bonchev–Trinajstić information content (AvgIpc) is 2.49. The molecule has 1 unspecified atom stereocenters. The SMILES string of the molecule is [O]CCCC(CCc1ccccc1)c1ccccc1. The van der Waals surface area contributed by atoms with E-state index in [4.69, 9.17) is 0 Å². The molecule has 2 aromatic rings. The molecule has 99 valence electrons. The van der Waals surface area contributed by atoms with Gasteiger partial charge in [-0.3, -0.25) is 0 Å². The molecule has 1 nitrogen and oxygen atoms in total. The first-order valence-electron chi connectivity index (χ1n) is 7.07. The van der Waals surface area contributed by atoms with Gasteiger partial charge in [-0.15, -0.1) is 0 Å². The first kappa shape index (κ1) is 13.8. The zero-order valence-corrected chi connectivity index (χ0v) is 11.3. The van der Waals surface area contributed by atoms with E-state index in [2.05, 4.69) is 54.6 Å². The van der Waals surface area contributed by atoms with Crippen LogP contribution < -0.4 is 0 Å². The van der Waals surface area contributed by atoms with Gasteiger partial charge in [0.25, 0.3) is 0 Å². The summed E-state index contributed by atoms with van der Waals surface area (Å²) in [7, 11) is 0. The Labute approximate surface area is 115 Å². The molecule has 1 heteroatoms. The summed E-state index contributed by atoms with van der Waals surface area (Å²) in [4.78, 5) is 0. The maximum absolute atomic E-state index is 10.7. The molecule has 0 aromatic heterocycles. The molecule has 19 heavy (non-hydrogen) atoms. The van der Waals surface area contributed by atoms with Gasteiger partial charge in [-0.25, -0.2) is 5.11 Å². The van der Waals surface area contributed by atoms with Crippen molar-refractivity contribution in [1.29, 1.82) is 0 Å². The van der Waals surface area contributed by atoms with E-state index in [1.807, 2.05) is 6.07 Å². The Balaban J connectivity index is 1.98. The molecule has 1 atom stereocenters. The topological polar surface area (TPSA) is 19.9 Å². The second-order valence-corrected chi connectivity index (χ2v) is 4.98. The zero-order valence-electron chi connectivity index (χ0n) is 11.3. The molecule has 0 heterocycles. The van der Waals surface area contributed by atoms with Crippen LogP contribution in [0.1, 0.15) is 36.3 Å². The second-order valence-electron chi connectivity index (χ2n) is 4.98. The van der Waals surface area contributed by atoms with E-state index in [-0.39, 0.29) is 6.61 Å². The van der Waals surface area contributed by atoms with E-state index in [9.17, 15) is 5.11 Å². The van der Waals surface area contributed by atoms with Gasteiger partial charge in [0.1, 0.15) is 0 Å². The quantitative estimate of drug-likeness (QED) is 0.686. The predicted octanol–water partition coefficient (Wildman–Crippen LogP) is 4.61. The average molecular weight is 253 g/mol. The lowest BCUT2D eigenvalue weighted by atomic mass is 9.89. The van der Waals surface area contributed by atoms with Gasteiger partial charge in [0.2, 0.25) is 0 Å². The Morgan fingerprint density at radius 3 is 2.05 bits per heavy atom. The van der Waals surface area contributed by atoms with Crippen LogP contribution >= 0.6 is 0 Å². The first-order chi connectivity index (χ1) is 9.40. The summed E-state index contributed by atoms with van der Waals surface area (Å²) in [5, 5.41) is 10.7. The summed E-state index contributed by atoms with van der Waals surface area (Å²) in [6, 6.07) is 21.2. The number of rotatable bonds is 7. The molecule has 0 N–H and O–H groups in total. The Kier molecular flexibility index (Phi) is 5.64. The summed E-state index contributed by atoms with van der Waals surface area (Å²) < 4.78 is 0. The fourth-order valence-electron chi connectivity index (χ4n) is 2.52. The van der Waals surface area contributed by atoms with E-state index >= 15 is 0 Å². The van der Waals surface area contributed by atoms with Gasteiger partial charge >= 0.3 is 0 Å². The monoisotopic (exact) mass is 253 g/mol. The minimum Gasteiger partial charge on any atom is -0.237 e. The minimum atomic E-state index is 0.0364. The summed E-state index contributed by atoms with van der Waals surface area (Å²) in [6.07, 6.45) is 3.97. The normalized spacial score (nSPS) is 12.3. The highest BCUT2D eigenvalue weighted by molar-refractivity contribution is 5.21. The Bertz CT molecular complexity index is 450. The summed E-state index contributed by atoms with van der Waals surface area (Å²) in [5.41, 5.74) is 2.75. The van der Waals surface area contributed by atoms with Gasteiger partial charge in [-0.05, 0) is 42.7 Å². The lowest BCUT2D eigenvalue weighted by Crippen LogP contribution is -2.02. The molecule has 2 rings (SSSR count). The van der Waals surface area contributed by atoms with Crippen LogP contribution in [0.4, 0.5) is 0 Å². The van der Waals surface area contributed by atoms with Crippen LogP contribution in [0.15, 0.2) is 60.7 Å². The number of hydrogen-bond donors (Lipinski definition) is 0. The third-order valence-corrected chi connectivity index (χ3v) is 3.59. The van der Waals surface area contributed by atoms with Crippen LogP contribution in [0, 0.1) is 0 Å². The molecule has 0 saturated carbocycles. The highest BCUT2D eigenvalue weighted by Crippen LogP contribution is 2.26. The zero-order chi connectivity index (χ0) is 13.3. The van der Waals surface area contributed by atoms with Crippen molar-refractivity contribution in [3.05, 3.63) is 71.8 Å². The van der Waals surface area contributed by atoms with Crippen molar-refractivity contribution >= 4 is 0 Å². The Morgan fingerprint density at radius 2 is 1.42 bits per heavy atom. The van der Waals surface area contributed by atoms with Crippen LogP contribution in [-0.2, 0) is 11.5 Å². The summed E-state index contributed by atoms with van der Waals surface area (Å²) in [6.45, 7) is 0.0364. The van der Waals surface area contributed by atoms with Crippen molar-refractivity contribution in [2.45, 2.75) is 31.6 Å². The molecular weight excluding hydrogens is 232 g/mol. The van der Waals surface area contributed by atoms with Crippen molar-refractivity contribution in [3.8, 4) is 0 Å². The molecule has 0 spiro atoms. The van der Waals surface area contributed by atoms with Gasteiger partial charge in [0.05, 0.1) is 6.61 Å². The fraction of sp³-hybridized carbons (Fsp3) is 0.333. The van der Waals surface area contributed by atoms with Gasteiger partial charge < -0.3 is 0 Å². The molecule has 0 aliphatic rings. The van der Waals surface area contributed by atoms with Gasteiger partial charge in [-0.1, -0.05) is 60.7 Å². The van der Waals surface area contributed by atoms with Crippen LogP contribution in [0.25, 0.3) is 0 Å². The standard InChI is InChI=1S/C18H21O/c19-15-7-12-18(17-10-5-2-6-11-17)14-13-16-8-3-1-4-9-16/h1-6,8-11,18H,7,12-15H2. The summed E-state index contributed by atoms with van der Waals surface area (Å²) >= 11 is 0. The molecule has 1 radical (unpaired) electrons. The van der Waals surface area contributed by atoms with Crippen molar-refractivity contribution in [2.75, 3.05) is 6.61 Å². The lowest BCUT2D eigenvalue weighted by molar-refractivity contribution is 0.184. The highest BCUT2D eigenvalue weighted by Gasteiger charge is 2.11. The third-order valence-electron chi connectivity index (χ3n) is 3.59. The van der Waals surface area contributed by atoms with E-state index in [1.165, 1.54) is 11.1 Å². The number of aryl methyl sites for hydroxylation is 1. The largest absolute Gasteiger partial charge is 0.237 e. The molecule has 0 saturated heterocycles. The maximum Gasteiger partial charge on any atom is 0.0822 e. The van der Waals surface area contributed by atoms with Crippen LogP contribution in [-0.4, -0.2) is 6.61 Å². The number of hydrogen-bond acceptors (Lipinski definition) is 0. The van der Waals surface area contributed by atoms with E-state index in [1.54, 1.807) is 0 Å². The van der Waals surface area contributed by atoms with Gasteiger partial charge in [0, 0.05) is 0 Å². The fourth-order valence-corrected chi connectivity index (χ4v) is 2.52. The van der Waals surface area contributed by atoms with E-state index in [0.717, 1.165) is 25.7 Å². The van der Waals surface area contributed by atoms with Crippen LogP contribution in [0.3, 0.4) is 0 Å². The van der Waals surface area contributed by atoms with Gasteiger partial charge in [-0.2, -0.15) is 0 Å². The minimum absolute atomic E-state index is 0.0364. The first-order valence-corrected chi connectivity index (χ1v) is 7.07. The second kappa shape index (κ2) is 7.75. The smallest absolute Gasteiger partial charge is 0.0822 e. The molecule has 0 aliphatic carbocycles. The van der Waals surface area contributed by atoms with Crippen molar-refractivity contribution in [2.24, 2.45) is 0 Å². The predicted molar refractivity (Wildman–Crippen MR) is 78.7 cm³/mol. The number of benzene rings is 2. The maximum atomic E-state index is 10.7. The van der Waals surface area contributed by atoms with Gasteiger partial charge in [0.15, 0.2) is 0 Å². The Hall–Kier alpha value is -1.60. The molecule has 0 fully saturated rings. The molecule has 2 aromatic carbocycles. The van der Waals surface area contributed by atoms with Crippen molar-refractivity contribution < 1.29 is 5.11 Å². The van der Waals surface area contributed by atoms with Crippen LogP contribution in [0.5, 0.6) is 0 Å². The highest BCUT2D eigenvalue weighted by atomic mass is 16.2. The Morgan fingerprint density at radius 1 is 0.789 bits per heavy atom. The third kappa shape index (κ3) is 4.53. The van der Waals surface area contributed by atoms with E-state index < -0.39 is 0 Å². The lowest BCUT2D eigenvalue weighted by Gasteiger charge is -2.17. The van der Waals surface area contributed by atoms with E-state index in [0.29, 0.717) is 5.92 Å². The molecule has 0 amide bonds. The van der Waals surface area contributed by atoms with Crippen molar-refractivity contribution in [3.63, 3.8) is 0 Å². The van der Waals surface area contributed by atoms with Crippen molar-refractivity contribution in [1.82, 2.24) is 0 Å². The molecular formula is C18H21O. The molecule has 0 aliphatic heterocycles. The summed E-state index contributed by atoms with van der Waals surface area (Å²) in [5.74, 6) is 0.510. The van der Waals surface area contributed by atoms with Crippen LogP contribution in [0.2, 0.25) is 0 Å².